The molecule has 3 heterocycles. The molecule has 1 aliphatic rings. The Labute approximate surface area is 202 Å². The number of rotatable bonds is 7. The minimum Gasteiger partial charge on any atom is -0.449 e. The van der Waals surface area contributed by atoms with E-state index in [-0.39, 0.29) is 5.56 Å². The average Bonchev–Trinajstić information content (AvgIpc) is 3.22. The highest BCUT2D eigenvalue weighted by molar-refractivity contribution is 6.93. The van der Waals surface area contributed by atoms with Crippen LogP contribution in [-0.4, -0.2) is 34.5 Å². The van der Waals surface area contributed by atoms with Crippen LogP contribution in [0.15, 0.2) is 39.7 Å². The lowest BCUT2D eigenvalue weighted by Gasteiger charge is -2.39. The van der Waals surface area contributed by atoms with Gasteiger partial charge in [0.15, 0.2) is 13.6 Å². The lowest BCUT2D eigenvalue weighted by molar-refractivity contribution is 0.224. The number of H-pyrrole nitrogens is 1. The number of aromatic amines is 1. The molecule has 0 fully saturated rings. The summed E-state index contributed by atoms with van der Waals surface area (Å²) in [6.07, 6.45) is 2.62. The monoisotopic (exact) mass is 479 g/mol. The normalized spacial score (nSPS) is 14.9. The Hall–Kier alpha value is -2.71. The fourth-order valence-electron chi connectivity index (χ4n) is 5.94. The number of nitrogen functional groups attached to an aromatic ring is 1. The number of nitrogens with zero attached hydrogens (tertiary/aromatic N) is 3. The quantitative estimate of drug-likeness (QED) is 0.383. The third-order valence-corrected chi connectivity index (χ3v) is 14.2. The number of hydrogen-bond acceptors (Lipinski definition) is 6. The number of nitrogens with one attached hydrogen (secondary N) is 1. The van der Waals surface area contributed by atoms with Crippen LogP contribution in [0, 0.1) is 0 Å². The second-order valence-corrected chi connectivity index (χ2v) is 16.2. The van der Waals surface area contributed by atoms with Gasteiger partial charge in [-0.25, -0.2) is 9.97 Å². The van der Waals surface area contributed by atoms with Crippen molar-refractivity contribution in [3.05, 3.63) is 57.8 Å². The zero-order valence-electron chi connectivity index (χ0n) is 21.2. The number of oxazole rings is 1. The van der Waals surface area contributed by atoms with Crippen LogP contribution in [0.1, 0.15) is 58.6 Å². The molecule has 8 heteroatoms. The lowest BCUT2D eigenvalue weighted by atomic mass is 10.1. The standard InChI is InChI=1S/C26H37N5O2Si/c1-16(2)34(17(3)4,18(5)6)26-28-13-21(33-26)14-31-12-11-23-22(15-31)25(32)30-24(29-23)19-7-9-20(27)10-8-19/h7-10,13,16-18H,11-12,14-15,27H2,1-6H3,(H,29,30,32). The molecule has 0 unspecified atom stereocenters. The minimum absolute atomic E-state index is 0.0781. The maximum atomic E-state index is 12.9. The molecule has 0 amide bonds. The Morgan fingerprint density at radius 3 is 2.35 bits per heavy atom. The molecule has 0 atom stereocenters. The summed E-state index contributed by atoms with van der Waals surface area (Å²) in [4.78, 5) is 27.7. The zero-order chi connectivity index (χ0) is 24.6. The summed E-state index contributed by atoms with van der Waals surface area (Å²) in [5.41, 5.74) is 11.5. The van der Waals surface area contributed by atoms with E-state index in [1.54, 1.807) is 0 Å². The molecule has 0 saturated heterocycles. The number of anilines is 1. The smallest absolute Gasteiger partial charge is 0.255 e. The largest absolute Gasteiger partial charge is 0.449 e. The van der Waals surface area contributed by atoms with E-state index < -0.39 is 8.07 Å². The SMILES string of the molecule is CC(C)[Si](c1ncc(CN2CCc3nc(-c4ccc(N)cc4)[nH]c(=O)c3C2)o1)(C(C)C)C(C)C. The maximum Gasteiger partial charge on any atom is 0.255 e. The summed E-state index contributed by atoms with van der Waals surface area (Å²) in [5, 5.41) is 0. The van der Waals surface area contributed by atoms with Crippen LogP contribution in [0.2, 0.25) is 16.6 Å². The van der Waals surface area contributed by atoms with E-state index >= 15 is 0 Å². The Bertz CT molecular complexity index is 1170. The third kappa shape index (κ3) is 4.36. The van der Waals surface area contributed by atoms with Crippen molar-refractivity contribution < 1.29 is 4.42 Å². The molecule has 3 aromatic rings. The van der Waals surface area contributed by atoms with Gasteiger partial charge in [-0.15, -0.1) is 0 Å². The molecule has 0 bridgehead atoms. The van der Waals surface area contributed by atoms with Crippen LogP contribution in [0.5, 0.6) is 0 Å². The summed E-state index contributed by atoms with van der Waals surface area (Å²) in [6.45, 7) is 15.9. The van der Waals surface area contributed by atoms with Gasteiger partial charge in [-0.1, -0.05) is 41.5 Å². The van der Waals surface area contributed by atoms with Crippen molar-refractivity contribution in [2.75, 3.05) is 12.3 Å². The highest BCUT2D eigenvalue weighted by Gasteiger charge is 2.49. The van der Waals surface area contributed by atoms with E-state index in [0.29, 0.717) is 41.2 Å². The second kappa shape index (κ2) is 9.50. The second-order valence-electron chi connectivity index (χ2n) is 10.5. The van der Waals surface area contributed by atoms with Crippen LogP contribution >= 0.6 is 0 Å². The number of benzene rings is 1. The van der Waals surface area contributed by atoms with E-state index in [0.717, 1.165) is 41.1 Å². The molecule has 1 aromatic carbocycles. The van der Waals surface area contributed by atoms with E-state index in [9.17, 15) is 4.79 Å². The van der Waals surface area contributed by atoms with Gasteiger partial charge in [0.1, 0.15) is 11.6 Å². The fourth-order valence-corrected chi connectivity index (χ4v) is 12.0. The maximum absolute atomic E-state index is 12.9. The molecule has 0 radical (unpaired) electrons. The Morgan fingerprint density at radius 1 is 1.09 bits per heavy atom. The van der Waals surface area contributed by atoms with Gasteiger partial charge in [0.05, 0.1) is 24.0 Å². The summed E-state index contributed by atoms with van der Waals surface area (Å²) < 4.78 is 6.44. The van der Waals surface area contributed by atoms with E-state index in [1.807, 2.05) is 30.5 Å². The molecular formula is C26H37N5O2Si. The van der Waals surface area contributed by atoms with Crippen molar-refractivity contribution in [3.8, 4) is 11.4 Å². The first-order valence-electron chi connectivity index (χ1n) is 12.3. The van der Waals surface area contributed by atoms with Crippen molar-refractivity contribution >= 4 is 19.3 Å². The van der Waals surface area contributed by atoms with Crippen LogP contribution in [-0.2, 0) is 19.5 Å². The highest BCUT2D eigenvalue weighted by Crippen LogP contribution is 2.40. The van der Waals surface area contributed by atoms with Gasteiger partial charge in [-0.2, -0.15) is 0 Å². The van der Waals surface area contributed by atoms with Gasteiger partial charge in [-0.3, -0.25) is 9.69 Å². The molecule has 0 spiro atoms. The Morgan fingerprint density at radius 2 is 1.74 bits per heavy atom. The minimum atomic E-state index is -1.93. The number of nitrogens with two attached hydrogens (primary N) is 1. The van der Waals surface area contributed by atoms with Gasteiger partial charge < -0.3 is 15.1 Å². The molecule has 1 aliphatic heterocycles. The average molecular weight is 480 g/mol. The van der Waals surface area contributed by atoms with E-state index in [2.05, 4.69) is 51.4 Å². The van der Waals surface area contributed by atoms with Gasteiger partial charge in [-0.05, 0) is 40.9 Å². The summed E-state index contributed by atoms with van der Waals surface area (Å²) in [7, 11) is -1.93. The summed E-state index contributed by atoms with van der Waals surface area (Å²) in [6, 6.07) is 7.39. The molecule has 34 heavy (non-hydrogen) atoms. The molecule has 0 aliphatic carbocycles. The first-order valence-corrected chi connectivity index (χ1v) is 14.5. The lowest BCUT2D eigenvalue weighted by Crippen LogP contribution is -2.56. The first kappa shape index (κ1) is 24.4. The third-order valence-electron chi connectivity index (χ3n) is 7.50. The van der Waals surface area contributed by atoms with Gasteiger partial charge in [0.25, 0.3) is 5.56 Å². The van der Waals surface area contributed by atoms with Gasteiger partial charge in [0, 0.05) is 30.8 Å². The highest BCUT2D eigenvalue weighted by atomic mass is 28.3. The van der Waals surface area contributed by atoms with Crippen molar-refractivity contribution in [1.82, 2.24) is 19.9 Å². The predicted octanol–water partition coefficient (Wildman–Crippen LogP) is 4.45. The number of aromatic nitrogens is 3. The van der Waals surface area contributed by atoms with Crippen LogP contribution in [0.25, 0.3) is 11.4 Å². The predicted molar refractivity (Wildman–Crippen MR) is 140 cm³/mol. The van der Waals surface area contributed by atoms with Crippen molar-refractivity contribution in [2.45, 2.75) is 77.7 Å². The van der Waals surface area contributed by atoms with Crippen LogP contribution in [0.3, 0.4) is 0 Å². The molecule has 0 saturated carbocycles. The van der Waals surface area contributed by atoms with Crippen LogP contribution < -0.4 is 16.8 Å². The van der Waals surface area contributed by atoms with Crippen molar-refractivity contribution in [2.24, 2.45) is 0 Å². The van der Waals surface area contributed by atoms with Crippen molar-refractivity contribution in [3.63, 3.8) is 0 Å². The molecule has 3 N–H and O–H groups in total. The summed E-state index contributed by atoms with van der Waals surface area (Å²) >= 11 is 0. The van der Waals surface area contributed by atoms with Gasteiger partial charge in [0.2, 0.25) is 0 Å². The molecule has 4 rings (SSSR count). The van der Waals surface area contributed by atoms with Crippen molar-refractivity contribution in [1.29, 1.82) is 0 Å². The Kier molecular flexibility index (Phi) is 6.82. The summed E-state index contributed by atoms with van der Waals surface area (Å²) in [5.74, 6) is 1.47. The molecule has 2 aromatic heterocycles. The zero-order valence-corrected chi connectivity index (χ0v) is 22.2. The van der Waals surface area contributed by atoms with E-state index in [1.165, 1.54) is 0 Å². The topological polar surface area (TPSA) is 101 Å². The number of hydrogen-bond donors (Lipinski definition) is 2. The van der Waals surface area contributed by atoms with E-state index in [4.69, 9.17) is 20.1 Å². The molecular weight excluding hydrogens is 442 g/mol. The first-order chi connectivity index (χ1) is 16.1. The Balaban J connectivity index is 1.54. The number of fused-ring (bicyclic) bond motifs is 1. The van der Waals surface area contributed by atoms with Crippen LogP contribution in [0.4, 0.5) is 5.69 Å². The fraction of sp³-hybridized carbons (Fsp3) is 0.500. The van der Waals surface area contributed by atoms with Gasteiger partial charge >= 0.3 is 0 Å². The molecule has 7 nitrogen and oxygen atoms in total. The molecule has 182 valence electrons.